The van der Waals surface area contributed by atoms with E-state index in [1.165, 1.54) is 61.2 Å². The molecule has 0 unspecified atom stereocenters. The number of aromatic nitrogens is 2. The number of nitrogens with zero attached hydrogens (tertiary/aromatic N) is 3. The Balaban J connectivity index is 1.09. The number of benzene rings is 1. The second-order valence-corrected chi connectivity index (χ2v) is 9.82. The van der Waals surface area contributed by atoms with Gasteiger partial charge in [0, 0.05) is 18.7 Å². The summed E-state index contributed by atoms with van der Waals surface area (Å²) in [4.78, 5) is 11.8. The molecule has 3 heterocycles. The van der Waals surface area contributed by atoms with Gasteiger partial charge in [-0.25, -0.2) is 4.98 Å². The highest BCUT2D eigenvalue weighted by Gasteiger charge is 2.31. The number of ether oxygens (including phenoxy) is 1. The Morgan fingerprint density at radius 1 is 1.03 bits per heavy atom. The molecule has 1 aromatic heterocycles. The lowest BCUT2D eigenvalue weighted by atomic mass is 9.72. The third-order valence-electron chi connectivity index (χ3n) is 7.45. The molecule has 3 fully saturated rings. The van der Waals surface area contributed by atoms with Crippen LogP contribution in [0.3, 0.4) is 0 Å². The molecule has 0 amide bonds. The van der Waals surface area contributed by atoms with Gasteiger partial charge < -0.3 is 10.1 Å². The van der Waals surface area contributed by atoms with E-state index in [1.807, 2.05) is 6.20 Å². The van der Waals surface area contributed by atoms with E-state index in [2.05, 4.69) is 46.4 Å². The van der Waals surface area contributed by atoms with Crippen molar-refractivity contribution >= 4 is 0 Å². The Morgan fingerprint density at radius 2 is 1.77 bits per heavy atom. The van der Waals surface area contributed by atoms with Crippen LogP contribution in [0.4, 0.5) is 0 Å². The van der Waals surface area contributed by atoms with Crippen LogP contribution in [0.1, 0.15) is 72.7 Å². The first-order valence-electron chi connectivity index (χ1n) is 12.2. The second-order valence-electron chi connectivity index (χ2n) is 9.82. The Morgan fingerprint density at radius 3 is 2.52 bits per heavy atom. The Hall–Kier alpha value is -1.98. The van der Waals surface area contributed by atoms with Crippen LogP contribution in [0.15, 0.2) is 30.5 Å². The van der Waals surface area contributed by atoms with Crippen molar-refractivity contribution in [3.05, 3.63) is 52.8 Å². The lowest BCUT2D eigenvalue weighted by molar-refractivity contribution is 0.149. The monoisotopic (exact) mass is 420 g/mol. The number of aryl methyl sites for hydroxylation is 1. The molecular weight excluding hydrogens is 384 g/mol. The van der Waals surface area contributed by atoms with Gasteiger partial charge in [-0.15, -0.1) is 0 Å². The minimum absolute atomic E-state index is 0.535. The van der Waals surface area contributed by atoms with Crippen molar-refractivity contribution in [2.45, 2.75) is 63.8 Å². The van der Waals surface area contributed by atoms with E-state index in [4.69, 9.17) is 9.72 Å². The van der Waals surface area contributed by atoms with Crippen molar-refractivity contribution in [1.29, 1.82) is 0 Å². The number of likely N-dealkylation sites (tertiary alicyclic amines) is 1. The second kappa shape index (κ2) is 9.66. The van der Waals surface area contributed by atoms with Crippen molar-refractivity contribution in [1.82, 2.24) is 20.2 Å². The molecule has 5 heteroatoms. The van der Waals surface area contributed by atoms with Gasteiger partial charge in [-0.3, -0.25) is 4.90 Å². The van der Waals surface area contributed by atoms with Crippen LogP contribution in [0, 0.1) is 12.8 Å². The van der Waals surface area contributed by atoms with E-state index >= 15 is 0 Å². The number of hydrogen-bond acceptors (Lipinski definition) is 5. The molecule has 2 aliphatic heterocycles. The first-order valence-corrected chi connectivity index (χ1v) is 12.2. The fourth-order valence-corrected chi connectivity index (χ4v) is 5.45. The first-order chi connectivity index (χ1) is 15.2. The molecule has 166 valence electrons. The zero-order chi connectivity index (χ0) is 21.0. The summed E-state index contributed by atoms with van der Waals surface area (Å²) < 4.78 is 6.03. The van der Waals surface area contributed by atoms with Gasteiger partial charge >= 0.3 is 6.01 Å². The van der Waals surface area contributed by atoms with Crippen molar-refractivity contribution in [2.24, 2.45) is 5.92 Å². The summed E-state index contributed by atoms with van der Waals surface area (Å²) in [6.07, 6.45) is 9.37. The molecule has 0 bridgehead atoms. The molecule has 0 atom stereocenters. The summed E-state index contributed by atoms with van der Waals surface area (Å²) in [5, 5.41) is 3.43. The summed E-state index contributed by atoms with van der Waals surface area (Å²) in [5.74, 6) is 1.83. The average molecular weight is 421 g/mol. The number of hydrogen-bond donors (Lipinski definition) is 1. The predicted molar refractivity (Wildman–Crippen MR) is 124 cm³/mol. The van der Waals surface area contributed by atoms with Gasteiger partial charge in [0.1, 0.15) is 0 Å². The van der Waals surface area contributed by atoms with E-state index in [0.29, 0.717) is 23.8 Å². The highest BCUT2D eigenvalue weighted by molar-refractivity contribution is 5.27. The lowest BCUT2D eigenvalue weighted by Crippen LogP contribution is -2.28. The van der Waals surface area contributed by atoms with E-state index in [0.717, 1.165) is 39.1 Å². The van der Waals surface area contributed by atoms with E-state index in [9.17, 15) is 0 Å². The van der Waals surface area contributed by atoms with Gasteiger partial charge in [-0.2, -0.15) is 4.98 Å². The molecule has 31 heavy (non-hydrogen) atoms. The third kappa shape index (κ3) is 5.09. The van der Waals surface area contributed by atoms with Gasteiger partial charge in [0.25, 0.3) is 0 Å². The zero-order valence-corrected chi connectivity index (χ0v) is 18.9. The van der Waals surface area contributed by atoms with E-state index in [-0.39, 0.29) is 0 Å². The Bertz CT molecular complexity index is 850. The molecular formula is C26H36N4O. The highest BCUT2D eigenvalue weighted by Crippen LogP contribution is 2.41. The van der Waals surface area contributed by atoms with Crippen LogP contribution in [0.25, 0.3) is 0 Å². The maximum Gasteiger partial charge on any atom is 0.316 e. The van der Waals surface area contributed by atoms with E-state index < -0.39 is 0 Å². The smallest absolute Gasteiger partial charge is 0.316 e. The molecule has 0 spiro atoms. The minimum atomic E-state index is 0.535. The number of piperidine rings is 1. The maximum absolute atomic E-state index is 6.03. The van der Waals surface area contributed by atoms with Crippen molar-refractivity contribution < 1.29 is 4.74 Å². The summed E-state index contributed by atoms with van der Waals surface area (Å²) in [6.45, 7) is 8.63. The van der Waals surface area contributed by atoms with Crippen LogP contribution < -0.4 is 10.1 Å². The van der Waals surface area contributed by atoms with Crippen LogP contribution in [-0.4, -0.2) is 47.7 Å². The predicted octanol–water partition coefficient (Wildman–Crippen LogP) is 4.42. The zero-order valence-electron chi connectivity index (χ0n) is 18.9. The first kappa shape index (κ1) is 20.9. The quantitative estimate of drug-likeness (QED) is 0.719. The fraction of sp³-hybridized carbons (Fsp3) is 0.615. The largest absolute Gasteiger partial charge is 0.463 e. The summed E-state index contributed by atoms with van der Waals surface area (Å²) >= 11 is 0. The summed E-state index contributed by atoms with van der Waals surface area (Å²) in [6, 6.07) is 9.93. The molecule has 0 radical (unpaired) electrons. The normalized spacial score (nSPS) is 24.8. The molecule has 5 rings (SSSR count). The lowest BCUT2D eigenvalue weighted by Gasteiger charge is -2.35. The molecule has 1 N–H and O–H groups in total. The van der Waals surface area contributed by atoms with Crippen molar-refractivity contribution in [3.63, 3.8) is 0 Å². The maximum atomic E-state index is 6.03. The summed E-state index contributed by atoms with van der Waals surface area (Å²) in [5.41, 5.74) is 5.32. The molecule has 2 saturated heterocycles. The number of rotatable bonds is 7. The molecule has 1 saturated carbocycles. The highest BCUT2D eigenvalue weighted by atomic mass is 16.5. The molecule has 5 nitrogen and oxygen atoms in total. The van der Waals surface area contributed by atoms with Crippen LogP contribution in [0.5, 0.6) is 6.01 Å². The summed E-state index contributed by atoms with van der Waals surface area (Å²) in [7, 11) is 0. The Labute approximate surface area is 186 Å². The van der Waals surface area contributed by atoms with Gasteiger partial charge in [0.05, 0.1) is 12.3 Å². The van der Waals surface area contributed by atoms with Gasteiger partial charge in [0.15, 0.2) is 0 Å². The molecule has 3 aliphatic rings. The van der Waals surface area contributed by atoms with Crippen molar-refractivity contribution in [2.75, 3.05) is 32.8 Å². The SMILES string of the molecule is Cc1cnc(OC[C@H]2C[C@@H](c3ccc(CN4CCCC4)cc3)C2)nc1C1CCNCC1. The van der Waals surface area contributed by atoms with Crippen LogP contribution in [0.2, 0.25) is 0 Å². The van der Waals surface area contributed by atoms with Crippen LogP contribution in [-0.2, 0) is 6.54 Å². The van der Waals surface area contributed by atoms with Gasteiger partial charge in [-0.1, -0.05) is 24.3 Å². The Kier molecular flexibility index (Phi) is 6.51. The molecule has 1 aromatic carbocycles. The molecule has 2 aromatic rings. The average Bonchev–Trinajstić information content (AvgIpc) is 3.28. The fourth-order valence-electron chi connectivity index (χ4n) is 5.45. The third-order valence-corrected chi connectivity index (χ3v) is 7.45. The van der Waals surface area contributed by atoms with E-state index in [1.54, 1.807) is 0 Å². The molecule has 1 aliphatic carbocycles. The van der Waals surface area contributed by atoms with Gasteiger partial charge in [-0.05, 0) is 100 Å². The van der Waals surface area contributed by atoms with Crippen molar-refractivity contribution in [3.8, 4) is 6.01 Å². The van der Waals surface area contributed by atoms with Crippen LogP contribution >= 0.6 is 0 Å². The van der Waals surface area contributed by atoms with Gasteiger partial charge in [0.2, 0.25) is 0 Å². The standard InChI is InChI=1S/C26H36N4O/c1-19-16-28-26(29-25(19)23-8-10-27-11-9-23)31-18-21-14-24(15-21)22-6-4-20(5-7-22)17-30-12-2-3-13-30/h4-7,16,21,23-24,27H,2-3,8-15,17-18H2,1H3/t21-,24+. The number of nitrogens with one attached hydrogen (secondary N) is 1. The topological polar surface area (TPSA) is 50.3 Å². The minimum Gasteiger partial charge on any atom is -0.463 e.